The molecule has 1 fully saturated rings. The molecule has 0 spiro atoms. The molecule has 0 radical (unpaired) electrons. The molecule has 1 aromatic carbocycles. The lowest BCUT2D eigenvalue weighted by molar-refractivity contribution is -0.121. The van der Waals surface area contributed by atoms with Gasteiger partial charge in [-0.2, -0.15) is 0 Å². The Bertz CT molecular complexity index is 438. The molecule has 18 heavy (non-hydrogen) atoms. The van der Waals surface area contributed by atoms with E-state index in [1.165, 1.54) is 11.0 Å². The lowest BCUT2D eigenvalue weighted by Crippen LogP contribution is -2.54. The number of benzene rings is 1. The topological polar surface area (TPSA) is 49.6 Å². The van der Waals surface area contributed by atoms with Crippen LogP contribution in [0, 0.1) is 5.82 Å². The molecule has 0 saturated carbocycles. The first kappa shape index (κ1) is 13.0. The van der Waals surface area contributed by atoms with Crippen LogP contribution < -0.4 is 10.6 Å². The zero-order chi connectivity index (χ0) is 13.1. The first-order valence-electron chi connectivity index (χ1n) is 6.12. The molecule has 2 rings (SSSR count). The van der Waals surface area contributed by atoms with E-state index >= 15 is 0 Å². The predicted molar refractivity (Wildman–Crippen MR) is 68.8 cm³/mol. The van der Waals surface area contributed by atoms with Gasteiger partial charge in [0.05, 0.1) is 12.2 Å². The number of hydrogen-bond acceptors (Lipinski definition) is 3. The normalized spacial score (nSPS) is 19.1. The van der Waals surface area contributed by atoms with Crippen LogP contribution in [0.1, 0.15) is 6.92 Å². The van der Waals surface area contributed by atoms with E-state index < -0.39 is 0 Å². The molecule has 1 heterocycles. The molecular weight excluding hydrogens is 233 g/mol. The Morgan fingerprint density at radius 1 is 1.39 bits per heavy atom. The molecule has 0 aromatic heterocycles. The average molecular weight is 251 g/mol. The highest BCUT2D eigenvalue weighted by atomic mass is 19.1. The van der Waals surface area contributed by atoms with E-state index in [-0.39, 0.29) is 17.8 Å². The highest BCUT2D eigenvalue weighted by Gasteiger charge is 2.28. The monoisotopic (exact) mass is 251 g/mol. The van der Waals surface area contributed by atoms with Crippen molar-refractivity contribution >= 4 is 11.6 Å². The summed E-state index contributed by atoms with van der Waals surface area (Å²) >= 11 is 0. The molecule has 1 atom stereocenters. The van der Waals surface area contributed by atoms with Crippen molar-refractivity contribution in [3.05, 3.63) is 30.1 Å². The Morgan fingerprint density at radius 2 is 2.11 bits per heavy atom. The van der Waals surface area contributed by atoms with Crippen LogP contribution in [0.25, 0.3) is 0 Å². The molecule has 1 saturated heterocycles. The van der Waals surface area contributed by atoms with Crippen molar-refractivity contribution in [2.75, 3.05) is 31.1 Å². The van der Waals surface area contributed by atoms with E-state index in [1.807, 2.05) is 11.8 Å². The molecule has 1 aliphatic rings. The van der Waals surface area contributed by atoms with Crippen LogP contribution in [0.5, 0.6) is 0 Å². The number of anilines is 1. The summed E-state index contributed by atoms with van der Waals surface area (Å²) in [6.07, 6.45) is 0. The number of nitrogens with zero attached hydrogens (tertiary/aromatic N) is 2. The highest BCUT2D eigenvalue weighted by molar-refractivity contribution is 5.95. The van der Waals surface area contributed by atoms with Crippen molar-refractivity contribution in [1.29, 1.82) is 0 Å². The molecule has 2 N–H and O–H groups in total. The van der Waals surface area contributed by atoms with Gasteiger partial charge in [-0.1, -0.05) is 12.1 Å². The van der Waals surface area contributed by atoms with E-state index in [2.05, 4.69) is 0 Å². The number of carbonyl (C=O) groups is 1. The molecule has 1 aliphatic heterocycles. The van der Waals surface area contributed by atoms with Gasteiger partial charge in [0.15, 0.2) is 0 Å². The summed E-state index contributed by atoms with van der Waals surface area (Å²) in [5, 5.41) is 0. The van der Waals surface area contributed by atoms with Gasteiger partial charge >= 0.3 is 0 Å². The number of piperazine rings is 1. The second-order valence-electron chi connectivity index (χ2n) is 4.55. The van der Waals surface area contributed by atoms with Gasteiger partial charge in [-0.05, 0) is 19.1 Å². The Labute approximate surface area is 106 Å². The number of para-hydroxylation sites is 1. The van der Waals surface area contributed by atoms with Crippen LogP contribution >= 0.6 is 0 Å². The number of halogens is 1. The van der Waals surface area contributed by atoms with Gasteiger partial charge < -0.3 is 10.6 Å². The second kappa shape index (κ2) is 5.46. The maximum Gasteiger partial charge on any atom is 0.241 e. The quantitative estimate of drug-likeness (QED) is 0.865. The predicted octanol–water partition coefficient (Wildman–Crippen LogP) is 0.821. The van der Waals surface area contributed by atoms with E-state index in [0.29, 0.717) is 25.3 Å². The fourth-order valence-corrected chi connectivity index (χ4v) is 2.14. The van der Waals surface area contributed by atoms with Gasteiger partial charge in [0, 0.05) is 25.7 Å². The van der Waals surface area contributed by atoms with Crippen molar-refractivity contribution < 1.29 is 9.18 Å². The van der Waals surface area contributed by atoms with Gasteiger partial charge in [0.2, 0.25) is 5.91 Å². The van der Waals surface area contributed by atoms with Gasteiger partial charge in [0.1, 0.15) is 5.82 Å². The SMILES string of the molecule is CC(CN)N1CCN(c2ccccc2F)C(=O)C1. The van der Waals surface area contributed by atoms with E-state index in [4.69, 9.17) is 5.73 Å². The first-order chi connectivity index (χ1) is 8.63. The van der Waals surface area contributed by atoms with Crippen LogP contribution in [0.2, 0.25) is 0 Å². The van der Waals surface area contributed by atoms with Crippen molar-refractivity contribution in [3.8, 4) is 0 Å². The van der Waals surface area contributed by atoms with Crippen LogP contribution in [0.3, 0.4) is 0 Å². The van der Waals surface area contributed by atoms with Crippen molar-refractivity contribution in [2.45, 2.75) is 13.0 Å². The maximum absolute atomic E-state index is 13.6. The first-order valence-corrected chi connectivity index (χ1v) is 6.12. The number of nitrogens with two attached hydrogens (primary N) is 1. The summed E-state index contributed by atoms with van der Waals surface area (Å²) in [6.45, 7) is 4.04. The summed E-state index contributed by atoms with van der Waals surface area (Å²) in [4.78, 5) is 15.6. The van der Waals surface area contributed by atoms with Crippen LogP contribution in [0.4, 0.5) is 10.1 Å². The maximum atomic E-state index is 13.6. The molecule has 4 nitrogen and oxygen atoms in total. The number of hydrogen-bond donors (Lipinski definition) is 1. The molecule has 98 valence electrons. The lowest BCUT2D eigenvalue weighted by atomic mass is 10.2. The molecule has 5 heteroatoms. The summed E-state index contributed by atoms with van der Waals surface area (Å²) in [5.74, 6) is -0.433. The van der Waals surface area contributed by atoms with Gasteiger partial charge in [-0.25, -0.2) is 4.39 Å². The Morgan fingerprint density at radius 3 is 2.72 bits per heavy atom. The number of rotatable bonds is 3. The van der Waals surface area contributed by atoms with E-state index in [9.17, 15) is 9.18 Å². The average Bonchev–Trinajstić information content (AvgIpc) is 2.39. The fourth-order valence-electron chi connectivity index (χ4n) is 2.14. The summed E-state index contributed by atoms with van der Waals surface area (Å²) in [6, 6.07) is 6.54. The standard InChI is InChI=1S/C13H18FN3O/c1-10(8-15)16-6-7-17(13(18)9-16)12-5-3-2-4-11(12)14/h2-5,10H,6-9,15H2,1H3. The molecular formula is C13H18FN3O. The molecule has 0 bridgehead atoms. The van der Waals surface area contributed by atoms with Crippen molar-refractivity contribution in [3.63, 3.8) is 0 Å². The summed E-state index contributed by atoms with van der Waals surface area (Å²) in [7, 11) is 0. The molecule has 1 amide bonds. The minimum Gasteiger partial charge on any atom is -0.329 e. The van der Waals surface area contributed by atoms with Crippen molar-refractivity contribution in [1.82, 2.24) is 4.90 Å². The minimum atomic E-state index is -0.355. The van der Waals surface area contributed by atoms with E-state index in [0.717, 1.165) is 6.54 Å². The van der Waals surface area contributed by atoms with E-state index in [1.54, 1.807) is 18.2 Å². The molecule has 1 aromatic rings. The third-order valence-corrected chi connectivity index (χ3v) is 3.36. The lowest BCUT2D eigenvalue weighted by Gasteiger charge is -2.37. The van der Waals surface area contributed by atoms with Crippen LogP contribution in [-0.2, 0) is 4.79 Å². The van der Waals surface area contributed by atoms with Crippen LogP contribution in [-0.4, -0.2) is 43.0 Å². The zero-order valence-electron chi connectivity index (χ0n) is 10.5. The van der Waals surface area contributed by atoms with Gasteiger partial charge in [-0.15, -0.1) is 0 Å². The molecule has 0 aliphatic carbocycles. The van der Waals surface area contributed by atoms with Gasteiger partial charge in [-0.3, -0.25) is 9.69 Å². The summed E-state index contributed by atoms with van der Waals surface area (Å²) < 4.78 is 13.6. The third-order valence-electron chi connectivity index (χ3n) is 3.36. The highest BCUT2D eigenvalue weighted by Crippen LogP contribution is 2.21. The van der Waals surface area contributed by atoms with Crippen LogP contribution in [0.15, 0.2) is 24.3 Å². The Kier molecular flexibility index (Phi) is 3.93. The zero-order valence-corrected chi connectivity index (χ0v) is 10.5. The Hall–Kier alpha value is -1.46. The van der Waals surface area contributed by atoms with Gasteiger partial charge in [0.25, 0.3) is 0 Å². The third kappa shape index (κ3) is 2.52. The summed E-state index contributed by atoms with van der Waals surface area (Å²) in [5.41, 5.74) is 5.96. The second-order valence-corrected chi connectivity index (χ2v) is 4.55. The van der Waals surface area contributed by atoms with Crippen molar-refractivity contribution in [2.24, 2.45) is 5.73 Å². The fraction of sp³-hybridized carbons (Fsp3) is 0.462. The smallest absolute Gasteiger partial charge is 0.241 e. The number of amides is 1. The minimum absolute atomic E-state index is 0.0772. The molecule has 1 unspecified atom stereocenters. The Balaban J connectivity index is 2.11. The largest absolute Gasteiger partial charge is 0.329 e. The number of carbonyl (C=O) groups excluding carboxylic acids is 1.